The third-order valence-corrected chi connectivity index (χ3v) is 4.43. The van der Waals surface area contributed by atoms with Gasteiger partial charge >= 0.3 is 0 Å². The fraction of sp³-hybridized carbons (Fsp3) is 0.824. The van der Waals surface area contributed by atoms with E-state index in [-0.39, 0.29) is 0 Å². The van der Waals surface area contributed by atoms with Crippen LogP contribution in [0.3, 0.4) is 0 Å². The molecule has 0 amide bonds. The lowest BCUT2D eigenvalue weighted by atomic mass is 9.83. The molecule has 1 aliphatic rings. The van der Waals surface area contributed by atoms with Gasteiger partial charge in [-0.15, -0.1) is 0 Å². The first-order valence-corrected chi connectivity index (χ1v) is 8.39. The SMILES string of the molecule is CCCC1CCC(n2cc(C)nc2NCC(C)C)CC1. The Hall–Kier alpha value is -0.990. The molecule has 3 nitrogen and oxygen atoms in total. The van der Waals surface area contributed by atoms with Crippen LogP contribution in [0.5, 0.6) is 0 Å². The van der Waals surface area contributed by atoms with Crippen LogP contribution < -0.4 is 5.32 Å². The third-order valence-electron chi connectivity index (χ3n) is 4.43. The molecule has 0 unspecified atom stereocenters. The third kappa shape index (κ3) is 4.00. The summed E-state index contributed by atoms with van der Waals surface area (Å²) in [5, 5.41) is 3.52. The van der Waals surface area contributed by atoms with Gasteiger partial charge in [0.05, 0.1) is 5.69 Å². The number of aromatic nitrogens is 2. The number of hydrogen-bond acceptors (Lipinski definition) is 2. The smallest absolute Gasteiger partial charge is 0.203 e. The van der Waals surface area contributed by atoms with Gasteiger partial charge in [0.2, 0.25) is 5.95 Å². The fourth-order valence-electron chi connectivity index (χ4n) is 3.34. The molecular weight excluding hydrogens is 246 g/mol. The van der Waals surface area contributed by atoms with Gasteiger partial charge < -0.3 is 9.88 Å². The van der Waals surface area contributed by atoms with Crippen molar-refractivity contribution < 1.29 is 0 Å². The van der Waals surface area contributed by atoms with E-state index in [0.717, 1.165) is 24.1 Å². The number of imidazole rings is 1. The maximum atomic E-state index is 4.66. The minimum atomic E-state index is 0.652. The summed E-state index contributed by atoms with van der Waals surface area (Å²) in [5.41, 5.74) is 1.13. The maximum absolute atomic E-state index is 4.66. The van der Waals surface area contributed by atoms with Crippen molar-refractivity contribution >= 4 is 5.95 Å². The monoisotopic (exact) mass is 277 g/mol. The highest BCUT2D eigenvalue weighted by Gasteiger charge is 2.23. The molecule has 0 saturated heterocycles. The number of aryl methyl sites for hydroxylation is 1. The van der Waals surface area contributed by atoms with Crippen LogP contribution in [-0.4, -0.2) is 16.1 Å². The van der Waals surface area contributed by atoms with Gasteiger partial charge in [-0.1, -0.05) is 33.6 Å². The fourth-order valence-corrected chi connectivity index (χ4v) is 3.34. The van der Waals surface area contributed by atoms with Gasteiger partial charge in [0.25, 0.3) is 0 Å². The summed E-state index contributed by atoms with van der Waals surface area (Å²) in [7, 11) is 0. The average molecular weight is 277 g/mol. The molecule has 1 fully saturated rings. The minimum absolute atomic E-state index is 0.652. The van der Waals surface area contributed by atoms with E-state index < -0.39 is 0 Å². The summed E-state index contributed by atoms with van der Waals surface area (Å²) < 4.78 is 2.40. The Morgan fingerprint density at radius 1 is 1.30 bits per heavy atom. The van der Waals surface area contributed by atoms with Crippen LogP contribution >= 0.6 is 0 Å². The molecule has 20 heavy (non-hydrogen) atoms. The molecule has 0 aliphatic heterocycles. The van der Waals surface area contributed by atoms with Crippen LogP contribution in [0.4, 0.5) is 5.95 Å². The number of rotatable bonds is 6. The number of anilines is 1. The van der Waals surface area contributed by atoms with Crippen molar-refractivity contribution in [1.29, 1.82) is 0 Å². The van der Waals surface area contributed by atoms with Crippen molar-refractivity contribution in [2.75, 3.05) is 11.9 Å². The van der Waals surface area contributed by atoms with Crippen LogP contribution in [0, 0.1) is 18.8 Å². The standard InChI is InChI=1S/C17H31N3/c1-5-6-15-7-9-16(10-8-15)20-12-14(4)19-17(20)18-11-13(2)3/h12-13,15-16H,5-11H2,1-4H3,(H,18,19). The molecule has 3 heteroatoms. The summed E-state index contributed by atoms with van der Waals surface area (Å²) in [6, 6.07) is 0.652. The lowest BCUT2D eigenvalue weighted by Crippen LogP contribution is -2.20. The molecule has 1 aromatic heterocycles. The maximum Gasteiger partial charge on any atom is 0.203 e. The molecule has 1 aliphatic carbocycles. The molecule has 1 N–H and O–H groups in total. The van der Waals surface area contributed by atoms with E-state index >= 15 is 0 Å². The topological polar surface area (TPSA) is 29.9 Å². The van der Waals surface area contributed by atoms with Crippen LogP contribution in [0.15, 0.2) is 6.20 Å². The van der Waals surface area contributed by atoms with Crippen molar-refractivity contribution in [2.45, 2.75) is 72.3 Å². The lowest BCUT2D eigenvalue weighted by Gasteiger charge is -2.30. The van der Waals surface area contributed by atoms with Gasteiger partial charge in [0, 0.05) is 18.8 Å². The predicted molar refractivity (Wildman–Crippen MR) is 86.2 cm³/mol. The van der Waals surface area contributed by atoms with Gasteiger partial charge in [-0.05, 0) is 44.4 Å². The zero-order valence-electron chi connectivity index (χ0n) is 13.7. The van der Waals surface area contributed by atoms with Crippen LogP contribution in [-0.2, 0) is 0 Å². The molecule has 1 heterocycles. The average Bonchev–Trinajstić information content (AvgIpc) is 2.79. The van der Waals surface area contributed by atoms with E-state index in [1.165, 1.54) is 38.5 Å². The highest BCUT2D eigenvalue weighted by molar-refractivity contribution is 5.29. The molecule has 0 bridgehead atoms. The highest BCUT2D eigenvalue weighted by Crippen LogP contribution is 2.35. The predicted octanol–water partition coefficient (Wildman–Crippen LogP) is 4.79. The van der Waals surface area contributed by atoms with Crippen LogP contribution in [0.1, 0.15) is 71.0 Å². The number of nitrogens with one attached hydrogen (secondary N) is 1. The zero-order chi connectivity index (χ0) is 14.5. The second kappa shape index (κ2) is 7.14. The summed E-state index contributed by atoms with van der Waals surface area (Å²) in [6.45, 7) is 9.88. The molecule has 0 radical (unpaired) electrons. The minimum Gasteiger partial charge on any atom is -0.355 e. The van der Waals surface area contributed by atoms with E-state index in [2.05, 4.69) is 48.8 Å². The molecular formula is C17H31N3. The Morgan fingerprint density at radius 3 is 2.60 bits per heavy atom. The van der Waals surface area contributed by atoms with Gasteiger partial charge in [0.1, 0.15) is 0 Å². The van der Waals surface area contributed by atoms with Crippen molar-refractivity contribution in [1.82, 2.24) is 9.55 Å². The van der Waals surface area contributed by atoms with Gasteiger partial charge in [-0.3, -0.25) is 0 Å². The van der Waals surface area contributed by atoms with Crippen molar-refractivity contribution in [3.63, 3.8) is 0 Å². The van der Waals surface area contributed by atoms with E-state index in [9.17, 15) is 0 Å². The van der Waals surface area contributed by atoms with E-state index in [1.54, 1.807) is 0 Å². The quantitative estimate of drug-likeness (QED) is 0.810. The van der Waals surface area contributed by atoms with E-state index in [1.807, 2.05) is 0 Å². The van der Waals surface area contributed by atoms with Gasteiger partial charge in [-0.2, -0.15) is 0 Å². The Kier molecular flexibility index (Phi) is 5.50. The first-order chi connectivity index (χ1) is 9.60. The molecule has 1 aromatic rings. The lowest BCUT2D eigenvalue weighted by molar-refractivity contribution is 0.264. The number of hydrogen-bond donors (Lipinski definition) is 1. The van der Waals surface area contributed by atoms with E-state index in [4.69, 9.17) is 0 Å². The molecule has 2 rings (SSSR count). The van der Waals surface area contributed by atoms with Crippen LogP contribution in [0.2, 0.25) is 0 Å². The largest absolute Gasteiger partial charge is 0.355 e. The highest BCUT2D eigenvalue weighted by atomic mass is 15.2. The molecule has 1 saturated carbocycles. The van der Waals surface area contributed by atoms with Crippen LogP contribution in [0.25, 0.3) is 0 Å². The first-order valence-electron chi connectivity index (χ1n) is 8.39. The first kappa shape index (κ1) is 15.4. The molecule has 114 valence electrons. The van der Waals surface area contributed by atoms with Gasteiger partial charge in [-0.25, -0.2) is 4.98 Å². The summed E-state index contributed by atoms with van der Waals surface area (Å²) >= 11 is 0. The van der Waals surface area contributed by atoms with Crippen molar-refractivity contribution in [2.24, 2.45) is 11.8 Å². The van der Waals surface area contributed by atoms with Crippen molar-refractivity contribution in [3.8, 4) is 0 Å². The molecule has 0 spiro atoms. The molecule has 0 aromatic carbocycles. The second-order valence-electron chi connectivity index (χ2n) is 6.85. The Morgan fingerprint density at radius 2 is 2.00 bits per heavy atom. The summed E-state index contributed by atoms with van der Waals surface area (Å²) in [6.07, 6.45) is 10.4. The Balaban J connectivity index is 1.98. The summed E-state index contributed by atoms with van der Waals surface area (Å²) in [4.78, 5) is 4.66. The Bertz CT molecular complexity index is 400. The number of nitrogens with zero attached hydrogens (tertiary/aromatic N) is 2. The summed E-state index contributed by atoms with van der Waals surface area (Å²) in [5.74, 6) is 2.70. The second-order valence-corrected chi connectivity index (χ2v) is 6.85. The molecule has 0 atom stereocenters. The Labute approximate surface area is 124 Å². The van der Waals surface area contributed by atoms with Gasteiger partial charge in [0.15, 0.2) is 0 Å². The normalized spacial score (nSPS) is 23.2. The zero-order valence-corrected chi connectivity index (χ0v) is 13.7. The van der Waals surface area contributed by atoms with Crippen molar-refractivity contribution in [3.05, 3.63) is 11.9 Å². The van der Waals surface area contributed by atoms with E-state index in [0.29, 0.717) is 12.0 Å².